The first-order chi connectivity index (χ1) is 11.5. The monoisotopic (exact) mass is 378 g/mol. The van der Waals surface area contributed by atoms with Crippen molar-refractivity contribution in [3.63, 3.8) is 0 Å². The number of benzene rings is 1. The Morgan fingerprint density at radius 1 is 1.00 bits per heavy atom. The minimum Gasteiger partial charge on any atom is -0.415 e. The Balaban J connectivity index is 0.000000251. The summed E-state index contributed by atoms with van der Waals surface area (Å²) in [5.41, 5.74) is 3.13. The molecule has 1 aromatic rings. The Labute approximate surface area is 159 Å². The molecule has 1 aromatic carbocycles. The van der Waals surface area contributed by atoms with E-state index in [1.807, 2.05) is 0 Å². The van der Waals surface area contributed by atoms with Crippen molar-refractivity contribution >= 4 is 15.4 Å². The number of rotatable bonds is 5. The van der Waals surface area contributed by atoms with E-state index in [4.69, 9.17) is 4.43 Å². The van der Waals surface area contributed by atoms with Crippen molar-refractivity contribution in [2.75, 3.05) is 0 Å². The van der Waals surface area contributed by atoms with Crippen molar-refractivity contribution in [2.45, 2.75) is 104 Å². The summed E-state index contributed by atoms with van der Waals surface area (Å²) in [7, 11) is -2.30. The first kappa shape index (κ1) is 22.7. The maximum Gasteiger partial charge on any atom is 0.174 e. The minimum atomic E-state index is -1.31. The van der Waals surface area contributed by atoms with Crippen LogP contribution < -0.4 is 0 Å². The molecular weight excluding hydrogens is 336 g/mol. The van der Waals surface area contributed by atoms with E-state index >= 15 is 0 Å². The minimum absolute atomic E-state index is 0.165. The third-order valence-electron chi connectivity index (χ3n) is 6.07. The molecule has 0 N–H and O–H groups in total. The van der Waals surface area contributed by atoms with Gasteiger partial charge in [0.15, 0.2) is 7.83 Å². The summed E-state index contributed by atoms with van der Waals surface area (Å²) in [6, 6.07) is 10.2. The SMILES string of the molecule is CC1(C)CC[Si](C)(C)[Si](C)(C)O1.CCCCCCc1ccccc1C. The second-order valence-electron chi connectivity index (χ2n) is 9.49. The van der Waals surface area contributed by atoms with E-state index in [2.05, 4.69) is 78.1 Å². The number of aryl methyl sites for hydroxylation is 2. The zero-order chi connectivity index (χ0) is 19.1. The summed E-state index contributed by atoms with van der Waals surface area (Å²) in [6.45, 7) is 18.7. The van der Waals surface area contributed by atoms with Gasteiger partial charge in [-0.2, -0.15) is 0 Å². The highest BCUT2D eigenvalue weighted by Gasteiger charge is 2.49. The normalized spacial score (nSPS) is 20.5. The smallest absolute Gasteiger partial charge is 0.174 e. The van der Waals surface area contributed by atoms with Gasteiger partial charge in [-0.05, 0) is 64.3 Å². The molecule has 0 amide bonds. The topological polar surface area (TPSA) is 9.23 Å². The molecule has 0 aromatic heterocycles. The van der Waals surface area contributed by atoms with Gasteiger partial charge in [-0.1, -0.05) is 69.6 Å². The fraction of sp³-hybridized carbons (Fsp3) is 0.727. The van der Waals surface area contributed by atoms with Gasteiger partial charge in [0.05, 0.1) is 13.2 Å². The van der Waals surface area contributed by atoms with Gasteiger partial charge in [-0.15, -0.1) is 0 Å². The lowest BCUT2D eigenvalue weighted by Crippen LogP contribution is -2.63. The molecule has 1 nitrogen and oxygen atoms in total. The van der Waals surface area contributed by atoms with Crippen LogP contribution >= 0.6 is 0 Å². The van der Waals surface area contributed by atoms with Crippen LogP contribution in [0.1, 0.15) is 64.0 Å². The average molecular weight is 379 g/mol. The number of hydrogen-bond acceptors (Lipinski definition) is 1. The largest absolute Gasteiger partial charge is 0.415 e. The molecule has 1 aliphatic heterocycles. The van der Waals surface area contributed by atoms with Crippen LogP contribution in [0.4, 0.5) is 0 Å². The molecule has 0 aliphatic carbocycles. The lowest BCUT2D eigenvalue weighted by molar-refractivity contribution is 0.0933. The van der Waals surface area contributed by atoms with Gasteiger partial charge in [0.1, 0.15) is 0 Å². The molecule has 0 spiro atoms. The van der Waals surface area contributed by atoms with Crippen molar-refractivity contribution in [1.82, 2.24) is 0 Å². The third-order valence-corrected chi connectivity index (χ3v) is 22.7. The van der Waals surface area contributed by atoms with Crippen LogP contribution in [0.3, 0.4) is 0 Å². The van der Waals surface area contributed by atoms with Crippen molar-refractivity contribution in [3.8, 4) is 0 Å². The quantitative estimate of drug-likeness (QED) is 0.386. The first-order valence-electron chi connectivity index (χ1n) is 10.3. The van der Waals surface area contributed by atoms with Crippen LogP contribution in [-0.4, -0.2) is 21.0 Å². The summed E-state index contributed by atoms with van der Waals surface area (Å²) < 4.78 is 6.28. The van der Waals surface area contributed by atoms with Crippen LogP contribution in [-0.2, 0) is 10.8 Å². The van der Waals surface area contributed by atoms with E-state index in [-0.39, 0.29) is 5.60 Å². The summed E-state index contributed by atoms with van der Waals surface area (Å²) >= 11 is 0. The van der Waals surface area contributed by atoms with Gasteiger partial charge < -0.3 is 4.43 Å². The Bertz CT molecular complexity index is 521. The van der Waals surface area contributed by atoms with Crippen LogP contribution in [0.2, 0.25) is 32.2 Å². The van der Waals surface area contributed by atoms with Crippen molar-refractivity contribution < 1.29 is 4.43 Å². The number of hydrogen-bond donors (Lipinski definition) is 0. The van der Waals surface area contributed by atoms with E-state index in [9.17, 15) is 0 Å². The standard InChI is InChI=1S/C13H20.C9H22OSi2/c1-3-4-5-6-10-13-11-8-7-9-12(13)2;1-9(2)7-8-11(3,4)12(5,6)10-9/h7-9,11H,3-6,10H2,1-2H3;7-8H2,1-6H3. The Morgan fingerprint density at radius 2 is 1.64 bits per heavy atom. The summed E-state index contributed by atoms with van der Waals surface area (Å²) in [6.07, 6.45) is 7.96. The van der Waals surface area contributed by atoms with Gasteiger partial charge >= 0.3 is 0 Å². The van der Waals surface area contributed by atoms with Crippen molar-refractivity contribution in [2.24, 2.45) is 0 Å². The molecule has 0 bridgehead atoms. The van der Waals surface area contributed by atoms with Crippen molar-refractivity contribution in [3.05, 3.63) is 35.4 Å². The van der Waals surface area contributed by atoms with Crippen LogP contribution in [0.25, 0.3) is 0 Å². The van der Waals surface area contributed by atoms with Gasteiger partial charge in [-0.3, -0.25) is 0 Å². The fourth-order valence-electron chi connectivity index (χ4n) is 3.43. The maximum absolute atomic E-state index is 6.28. The molecule has 144 valence electrons. The molecule has 1 aliphatic rings. The number of unbranched alkanes of at least 4 members (excludes halogenated alkanes) is 3. The Morgan fingerprint density at radius 3 is 2.16 bits per heavy atom. The second-order valence-corrected chi connectivity index (χ2v) is 24.7. The Kier molecular flexibility index (Phi) is 8.63. The van der Waals surface area contributed by atoms with Crippen molar-refractivity contribution in [1.29, 1.82) is 0 Å². The Hall–Kier alpha value is -0.386. The predicted octanol–water partition coefficient (Wildman–Crippen LogP) is 7.30. The van der Waals surface area contributed by atoms with E-state index in [1.165, 1.54) is 55.7 Å². The van der Waals surface area contributed by atoms with E-state index in [0.717, 1.165) is 0 Å². The van der Waals surface area contributed by atoms with Crippen LogP contribution in [0, 0.1) is 6.92 Å². The zero-order valence-electron chi connectivity index (χ0n) is 18.2. The molecule has 1 saturated heterocycles. The summed E-state index contributed by atoms with van der Waals surface area (Å²) in [5, 5.41) is 0. The van der Waals surface area contributed by atoms with Gasteiger partial charge in [0.2, 0.25) is 0 Å². The first-order valence-corrected chi connectivity index (χ1v) is 17.4. The lowest BCUT2D eigenvalue weighted by Gasteiger charge is -2.49. The highest BCUT2D eigenvalue weighted by Crippen LogP contribution is 2.38. The molecular formula is C22H42OSi2. The highest BCUT2D eigenvalue weighted by atomic mass is 29.3. The second kappa shape index (κ2) is 9.52. The molecule has 0 atom stereocenters. The molecule has 2 rings (SSSR count). The zero-order valence-corrected chi connectivity index (χ0v) is 20.2. The molecule has 0 saturated carbocycles. The highest BCUT2D eigenvalue weighted by molar-refractivity contribution is 7.38. The summed E-state index contributed by atoms with van der Waals surface area (Å²) in [5.74, 6) is 0. The molecule has 3 heteroatoms. The van der Waals surface area contributed by atoms with Crippen LogP contribution in [0.15, 0.2) is 24.3 Å². The van der Waals surface area contributed by atoms with Crippen LogP contribution in [0.5, 0.6) is 0 Å². The summed E-state index contributed by atoms with van der Waals surface area (Å²) in [4.78, 5) is 0. The predicted molar refractivity (Wildman–Crippen MR) is 119 cm³/mol. The molecule has 0 unspecified atom stereocenters. The van der Waals surface area contributed by atoms with Gasteiger partial charge in [-0.25, -0.2) is 0 Å². The molecule has 1 fully saturated rings. The van der Waals surface area contributed by atoms with Gasteiger partial charge in [0.25, 0.3) is 0 Å². The maximum atomic E-state index is 6.28. The average Bonchev–Trinajstić information content (AvgIpc) is 2.50. The van der Waals surface area contributed by atoms with E-state index in [0.29, 0.717) is 0 Å². The molecule has 25 heavy (non-hydrogen) atoms. The van der Waals surface area contributed by atoms with E-state index < -0.39 is 15.4 Å². The molecule has 1 heterocycles. The lowest BCUT2D eigenvalue weighted by atomic mass is 10.0. The molecule has 0 radical (unpaired) electrons. The van der Waals surface area contributed by atoms with Gasteiger partial charge in [0, 0.05) is 0 Å². The van der Waals surface area contributed by atoms with E-state index in [1.54, 1.807) is 0 Å². The third kappa shape index (κ3) is 7.40. The fourth-order valence-corrected chi connectivity index (χ4v) is 10.9.